The van der Waals surface area contributed by atoms with Gasteiger partial charge >= 0.3 is 0 Å². The van der Waals surface area contributed by atoms with Crippen LogP contribution in [0, 0.1) is 29.0 Å². The van der Waals surface area contributed by atoms with Crippen molar-refractivity contribution in [2.24, 2.45) is 11.8 Å². The first-order valence-corrected chi connectivity index (χ1v) is 8.30. The summed E-state index contributed by atoms with van der Waals surface area (Å²) in [6.07, 6.45) is 6.62. The second-order valence-electron chi connectivity index (χ2n) is 6.74. The van der Waals surface area contributed by atoms with Crippen LogP contribution in [-0.2, 0) is 16.6 Å². The molecule has 0 spiro atoms. The third-order valence-corrected chi connectivity index (χ3v) is 5.59. The number of allylic oxidation sites excluding steroid dienone is 2. The van der Waals surface area contributed by atoms with E-state index in [1.54, 1.807) is 24.4 Å². The predicted molar refractivity (Wildman–Crippen MR) is 88.9 cm³/mol. The molecule has 124 valence electrons. The van der Waals surface area contributed by atoms with E-state index in [0.717, 1.165) is 29.7 Å². The zero-order chi connectivity index (χ0) is 17.6. The van der Waals surface area contributed by atoms with Crippen molar-refractivity contribution in [1.82, 2.24) is 9.97 Å². The Morgan fingerprint density at radius 1 is 1.32 bits per heavy atom. The van der Waals surface area contributed by atoms with Gasteiger partial charge in [-0.2, -0.15) is 5.26 Å². The molecule has 0 saturated carbocycles. The van der Waals surface area contributed by atoms with E-state index in [1.807, 2.05) is 13.0 Å². The second kappa shape index (κ2) is 5.59. The molecule has 3 atom stereocenters. The third-order valence-electron chi connectivity index (χ3n) is 5.59. The zero-order valence-corrected chi connectivity index (χ0v) is 13.7. The van der Waals surface area contributed by atoms with Crippen LogP contribution in [0.3, 0.4) is 0 Å². The van der Waals surface area contributed by atoms with Gasteiger partial charge in [0.25, 0.3) is 0 Å². The molecule has 0 amide bonds. The summed E-state index contributed by atoms with van der Waals surface area (Å²) in [5.41, 5.74) is 2.13. The number of ketones is 1. The number of nitriles is 1. The maximum atomic E-state index is 13.5. The number of aryl methyl sites for hydroxylation is 1. The summed E-state index contributed by atoms with van der Waals surface area (Å²) >= 11 is 0. The molecule has 0 unspecified atom stereocenters. The number of rotatable bonds is 1. The number of nitrogens with zero attached hydrogens (tertiary/aromatic N) is 3. The van der Waals surface area contributed by atoms with Gasteiger partial charge < -0.3 is 0 Å². The van der Waals surface area contributed by atoms with Gasteiger partial charge in [0.1, 0.15) is 18.2 Å². The van der Waals surface area contributed by atoms with Crippen LogP contribution >= 0.6 is 0 Å². The molecule has 4 rings (SSSR count). The first-order chi connectivity index (χ1) is 12.1. The highest BCUT2D eigenvalue weighted by Gasteiger charge is 2.52. The summed E-state index contributed by atoms with van der Waals surface area (Å²) in [6.45, 7) is 1.88. The topological polar surface area (TPSA) is 66.6 Å². The van der Waals surface area contributed by atoms with Crippen LogP contribution < -0.4 is 0 Å². The van der Waals surface area contributed by atoms with Crippen molar-refractivity contribution in [1.29, 1.82) is 5.26 Å². The fourth-order valence-corrected chi connectivity index (χ4v) is 4.42. The number of aromatic nitrogens is 2. The smallest absolute Gasteiger partial charge is 0.176 e. The Morgan fingerprint density at radius 2 is 2.08 bits per heavy atom. The van der Waals surface area contributed by atoms with Gasteiger partial charge in [-0.1, -0.05) is 19.1 Å². The molecule has 1 heterocycles. The first kappa shape index (κ1) is 15.6. The number of fused-ring (bicyclic) bond motifs is 3. The van der Waals surface area contributed by atoms with E-state index in [-0.39, 0.29) is 29.0 Å². The van der Waals surface area contributed by atoms with Gasteiger partial charge in [-0.15, -0.1) is 0 Å². The molecular weight excluding hydrogens is 317 g/mol. The van der Waals surface area contributed by atoms with Crippen molar-refractivity contribution in [2.45, 2.75) is 25.2 Å². The highest BCUT2D eigenvalue weighted by atomic mass is 19.1. The molecule has 4 nitrogen and oxygen atoms in total. The SMILES string of the molecule is C[C@@H]1C(=O)C(C#N)=C[C@]2(c3ccc(F)cc3)c3ncncc3CC[C@@H]12. The molecule has 0 fully saturated rings. The Balaban J connectivity index is 2.08. The summed E-state index contributed by atoms with van der Waals surface area (Å²) in [5.74, 6) is -0.764. The second-order valence-corrected chi connectivity index (χ2v) is 6.74. The Morgan fingerprint density at radius 3 is 2.80 bits per heavy atom. The molecule has 5 heteroatoms. The lowest BCUT2D eigenvalue weighted by molar-refractivity contribution is -0.121. The summed E-state index contributed by atoms with van der Waals surface area (Å²) in [7, 11) is 0. The molecule has 2 aliphatic rings. The summed E-state index contributed by atoms with van der Waals surface area (Å²) in [6, 6.07) is 8.34. The summed E-state index contributed by atoms with van der Waals surface area (Å²) in [4.78, 5) is 21.2. The Labute approximate surface area is 145 Å². The van der Waals surface area contributed by atoms with Crippen LogP contribution in [-0.4, -0.2) is 15.8 Å². The van der Waals surface area contributed by atoms with Gasteiger partial charge in [0.2, 0.25) is 0 Å². The van der Waals surface area contributed by atoms with Crippen LogP contribution in [0.1, 0.15) is 30.2 Å². The van der Waals surface area contributed by atoms with Gasteiger partial charge in [0, 0.05) is 12.1 Å². The number of halogens is 1. The fourth-order valence-electron chi connectivity index (χ4n) is 4.42. The van der Waals surface area contributed by atoms with Crippen molar-refractivity contribution in [3.63, 3.8) is 0 Å². The maximum absolute atomic E-state index is 13.5. The van der Waals surface area contributed by atoms with Crippen molar-refractivity contribution in [2.75, 3.05) is 0 Å². The molecule has 1 aromatic heterocycles. The molecular formula is C20H16FN3O. The Bertz CT molecular complexity index is 929. The average molecular weight is 333 g/mol. The van der Waals surface area contributed by atoms with E-state index >= 15 is 0 Å². The molecule has 0 bridgehead atoms. The van der Waals surface area contributed by atoms with E-state index in [4.69, 9.17) is 0 Å². The van der Waals surface area contributed by atoms with Gasteiger partial charge in [-0.25, -0.2) is 14.4 Å². The molecule has 0 N–H and O–H groups in total. The van der Waals surface area contributed by atoms with Crippen LogP contribution in [0.15, 0.2) is 48.4 Å². The molecule has 2 aromatic rings. The minimum Gasteiger partial charge on any atom is -0.293 e. The first-order valence-electron chi connectivity index (χ1n) is 8.30. The van der Waals surface area contributed by atoms with E-state index in [2.05, 4.69) is 9.97 Å². The lowest BCUT2D eigenvalue weighted by atomic mass is 9.54. The minimum absolute atomic E-state index is 0.0232. The van der Waals surface area contributed by atoms with E-state index in [1.165, 1.54) is 18.5 Å². The highest BCUT2D eigenvalue weighted by Crippen LogP contribution is 2.52. The number of carbonyl (C=O) groups is 1. The van der Waals surface area contributed by atoms with Gasteiger partial charge in [0.05, 0.1) is 16.7 Å². The number of Topliss-reactive ketones (excluding diaryl/α,β-unsaturated/α-hetero) is 1. The molecule has 0 saturated heterocycles. The van der Waals surface area contributed by atoms with Crippen molar-refractivity contribution < 1.29 is 9.18 Å². The van der Waals surface area contributed by atoms with Crippen LogP contribution in [0.2, 0.25) is 0 Å². The van der Waals surface area contributed by atoms with Gasteiger partial charge in [-0.3, -0.25) is 4.79 Å². The summed E-state index contributed by atoms with van der Waals surface area (Å²) < 4.78 is 13.5. The molecule has 2 aliphatic carbocycles. The number of carbonyl (C=O) groups excluding carboxylic acids is 1. The van der Waals surface area contributed by atoms with E-state index < -0.39 is 5.41 Å². The fraction of sp³-hybridized carbons (Fsp3) is 0.300. The van der Waals surface area contributed by atoms with Crippen molar-refractivity contribution in [3.8, 4) is 6.07 Å². The number of hydrogen-bond donors (Lipinski definition) is 0. The normalized spacial score (nSPS) is 27.7. The number of benzene rings is 1. The number of hydrogen-bond acceptors (Lipinski definition) is 4. The van der Waals surface area contributed by atoms with E-state index in [9.17, 15) is 14.4 Å². The standard InChI is InChI=1S/C20H16FN3O/c1-12-17-7-2-13-10-23-11-24-19(13)20(17,8-14(9-22)18(12)25)15-3-5-16(21)6-4-15/h3-6,8,10-12,17H,2,7H2,1H3/t12-,17-,20+/m0/s1. The molecule has 25 heavy (non-hydrogen) atoms. The maximum Gasteiger partial charge on any atom is 0.176 e. The Hall–Kier alpha value is -2.87. The lowest BCUT2D eigenvalue weighted by Crippen LogP contribution is -2.48. The van der Waals surface area contributed by atoms with Gasteiger partial charge in [-0.05, 0) is 48.1 Å². The summed E-state index contributed by atoms with van der Waals surface area (Å²) in [5, 5.41) is 9.49. The van der Waals surface area contributed by atoms with Crippen molar-refractivity contribution >= 4 is 5.78 Å². The zero-order valence-electron chi connectivity index (χ0n) is 13.7. The largest absolute Gasteiger partial charge is 0.293 e. The average Bonchev–Trinajstić information content (AvgIpc) is 2.65. The lowest BCUT2D eigenvalue weighted by Gasteiger charge is -2.47. The van der Waals surface area contributed by atoms with Gasteiger partial charge in [0.15, 0.2) is 5.78 Å². The quantitative estimate of drug-likeness (QED) is 0.804. The molecule has 1 aromatic carbocycles. The monoisotopic (exact) mass is 333 g/mol. The highest BCUT2D eigenvalue weighted by molar-refractivity contribution is 6.02. The predicted octanol–water partition coefficient (Wildman–Crippen LogP) is 3.13. The van der Waals surface area contributed by atoms with Crippen LogP contribution in [0.5, 0.6) is 0 Å². The minimum atomic E-state index is -0.706. The van der Waals surface area contributed by atoms with Crippen molar-refractivity contribution in [3.05, 3.63) is 71.1 Å². The third kappa shape index (κ3) is 2.14. The Kier molecular flexibility index (Phi) is 3.50. The molecule has 0 radical (unpaired) electrons. The van der Waals surface area contributed by atoms with E-state index in [0.29, 0.717) is 0 Å². The van der Waals surface area contributed by atoms with Crippen LogP contribution in [0.25, 0.3) is 0 Å². The molecule has 0 aliphatic heterocycles. The van der Waals surface area contributed by atoms with Crippen LogP contribution in [0.4, 0.5) is 4.39 Å².